The second-order valence-corrected chi connectivity index (χ2v) is 4.22. The van der Waals surface area contributed by atoms with Crippen molar-refractivity contribution in [1.82, 2.24) is 19.5 Å². The molecule has 0 radical (unpaired) electrons. The summed E-state index contributed by atoms with van der Waals surface area (Å²) < 4.78 is 45.2. The molecule has 0 bridgehead atoms. The van der Waals surface area contributed by atoms with Crippen molar-refractivity contribution in [2.75, 3.05) is 7.11 Å². The lowest BCUT2D eigenvalue weighted by molar-refractivity contribution is -0.144. The molecule has 0 aliphatic heterocycles. The van der Waals surface area contributed by atoms with E-state index < -0.39 is 12.0 Å². The maximum absolute atomic E-state index is 12.9. The third-order valence-electron chi connectivity index (χ3n) is 2.89. The van der Waals surface area contributed by atoms with Crippen molar-refractivity contribution in [1.29, 1.82) is 0 Å². The zero-order chi connectivity index (χ0) is 15.0. The van der Waals surface area contributed by atoms with Crippen LogP contribution in [0.5, 0.6) is 5.75 Å². The number of alkyl halides is 3. The molecule has 0 aliphatic rings. The molecular weight excluding hydrogens is 285 g/mol. The summed E-state index contributed by atoms with van der Waals surface area (Å²) >= 11 is 0. The number of methoxy groups -OCH3 is 1. The maximum Gasteiger partial charge on any atom is 0.451 e. The number of hydrogen-bond donors (Lipinski definition) is 0. The van der Waals surface area contributed by atoms with E-state index in [-0.39, 0.29) is 11.3 Å². The summed E-state index contributed by atoms with van der Waals surface area (Å²) in [5.74, 6) is -0.584. The van der Waals surface area contributed by atoms with Gasteiger partial charge < -0.3 is 4.74 Å². The minimum atomic E-state index is -4.62. The Balaban J connectivity index is 2.34. The Hall–Kier alpha value is -2.64. The predicted molar refractivity (Wildman–Crippen MR) is 68.2 cm³/mol. The molecule has 3 aromatic rings. The van der Waals surface area contributed by atoms with Crippen LogP contribution >= 0.6 is 0 Å². The van der Waals surface area contributed by atoms with Crippen molar-refractivity contribution in [3.8, 4) is 11.6 Å². The van der Waals surface area contributed by atoms with Crippen molar-refractivity contribution in [2.45, 2.75) is 6.18 Å². The Morgan fingerprint density at radius 1 is 1.19 bits per heavy atom. The van der Waals surface area contributed by atoms with E-state index in [9.17, 15) is 13.2 Å². The summed E-state index contributed by atoms with van der Waals surface area (Å²) in [5, 5.41) is 0.445. The van der Waals surface area contributed by atoms with Crippen molar-refractivity contribution < 1.29 is 17.9 Å². The Morgan fingerprint density at radius 2 is 2.00 bits per heavy atom. The minimum absolute atomic E-state index is 0.101. The van der Waals surface area contributed by atoms with Crippen LogP contribution < -0.4 is 4.74 Å². The molecular formula is C13H9F3N4O. The van der Waals surface area contributed by atoms with E-state index >= 15 is 0 Å². The molecule has 1 aromatic carbocycles. The van der Waals surface area contributed by atoms with Gasteiger partial charge in [-0.15, -0.1) is 0 Å². The van der Waals surface area contributed by atoms with Gasteiger partial charge in [0.1, 0.15) is 17.9 Å². The predicted octanol–water partition coefficient (Wildman–Crippen LogP) is 2.84. The first-order valence-electron chi connectivity index (χ1n) is 5.90. The van der Waals surface area contributed by atoms with Crippen LogP contribution in [-0.4, -0.2) is 26.6 Å². The highest BCUT2D eigenvalue weighted by Crippen LogP contribution is 2.31. The Kier molecular flexibility index (Phi) is 3.00. The minimum Gasteiger partial charge on any atom is -0.497 e. The van der Waals surface area contributed by atoms with Crippen LogP contribution in [0.15, 0.2) is 36.9 Å². The summed E-state index contributed by atoms with van der Waals surface area (Å²) in [7, 11) is 1.48. The highest BCUT2D eigenvalue weighted by molar-refractivity contribution is 5.86. The van der Waals surface area contributed by atoms with Crippen molar-refractivity contribution in [3.05, 3.63) is 42.7 Å². The van der Waals surface area contributed by atoms with Crippen LogP contribution in [0.1, 0.15) is 5.82 Å². The van der Waals surface area contributed by atoms with Crippen molar-refractivity contribution in [3.63, 3.8) is 0 Å². The Morgan fingerprint density at radius 3 is 2.62 bits per heavy atom. The lowest BCUT2D eigenvalue weighted by Crippen LogP contribution is -2.13. The largest absolute Gasteiger partial charge is 0.497 e. The molecule has 0 aliphatic carbocycles. The van der Waals surface area contributed by atoms with Gasteiger partial charge in [0.2, 0.25) is 5.82 Å². The topological polar surface area (TPSA) is 52.8 Å². The molecule has 2 heterocycles. The van der Waals surface area contributed by atoms with E-state index in [4.69, 9.17) is 4.74 Å². The molecule has 8 heteroatoms. The molecule has 5 nitrogen and oxygen atoms in total. The van der Waals surface area contributed by atoms with E-state index in [0.717, 1.165) is 0 Å². The number of ether oxygens (including phenoxy) is 1. The highest BCUT2D eigenvalue weighted by atomic mass is 19.4. The second-order valence-electron chi connectivity index (χ2n) is 4.22. The molecule has 108 valence electrons. The number of imidazole rings is 1. The first-order chi connectivity index (χ1) is 9.99. The van der Waals surface area contributed by atoms with E-state index in [0.29, 0.717) is 11.1 Å². The molecule has 0 saturated heterocycles. The monoisotopic (exact) mass is 294 g/mol. The lowest BCUT2D eigenvalue weighted by atomic mass is 10.2. The fourth-order valence-corrected chi connectivity index (χ4v) is 1.93. The van der Waals surface area contributed by atoms with Crippen molar-refractivity contribution >= 4 is 10.9 Å². The zero-order valence-corrected chi connectivity index (χ0v) is 10.8. The molecule has 0 N–H and O–H groups in total. The smallest absolute Gasteiger partial charge is 0.451 e. The van der Waals surface area contributed by atoms with Gasteiger partial charge in [-0.25, -0.2) is 15.0 Å². The number of rotatable bonds is 2. The number of fused-ring (bicyclic) bond motifs is 1. The summed E-state index contributed by atoms with van der Waals surface area (Å²) in [6, 6.07) is 4.60. The Bertz CT molecular complexity index is 784. The fourth-order valence-electron chi connectivity index (χ4n) is 1.93. The standard InChI is InChI=1S/C13H9F3N4O/c1-21-8-2-3-10-9(6-8)11(20-5-4-17-7-20)19-12(18-10)13(14,15)16/h2-7H,1H3. The number of nitrogens with zero attached hydrogens (tertiary/aromatic N) is 4. The molecule has 3 rings (SSSR count). The van der Waals surface area contributed by atoms with Gasteiger partial charge in [-0.3, -0.25) is 4.57 Å². The molecule has 0 amide bonds. The SMILES string of the molecule is COc1ccc2nc(C(F)(F)F)nc(-n3ccnc3)c2c1. The average molecular weight is 294 g/mol. The van der Waals surface area contributed by atoms with Gasteiger partial charge in [0.25, 0.3) is 0 Å². The molecule has 21 heavy (non-hydrogen) atoms. The van der Waals surface area contributed by atoms with Crippen LogP contribution in [0.3, 0.4) is 0 Å². The van der Waals surface area contributed by atoms with Gasteiger partial charge in [-0.2, -0.15) is 13.2 Å². The number of aromatic nitrogens is 4. The molecule has 0 spiro atoms. The first kappa shape index (κ1) is 13.3. The lowest BCUT2D eigenvalue weighted by Gasteiger charge is -2.11. The van der Waals surface area contributed by atoms with Crippen LogP contribution in [0.4, 0.5) is 13.2 Å². The summed E-state index contributed by atoms with van der Waals surface area (Å²) in [5.41, 5.74) is 0.182. The van der Waals surface area contributed by atoms with Crippen LogP contribution in [0, 0.1) is 0 Å². The zero-order valence-electron chi connectivity index (χ0n) is 10.8. The summed E-state index contributed by atoms with van der Waals surface area (Å²) in [4.78, 5) is 11.0. The fraction of sp³-hybridized carbons (Fsp3) is 0.154. The van der Waals surface area contributed by atoms with Gasteiger partial charge in [-0.05, 0) is 18.2 Å². The number of hydrogen-bond acceptors (Lipinski definition) is 4. The molecule has 0 atom stereocenters. The highest BCUT2D eigenvalue weighted by Gasteiger charge is 2.35. The average Bonchev–Trinajstić information content (AvgIpc) is 2.98. The number of halogens is 3. The molecule has 0 saturated carbocycles. The second kappa shape index (κ2) is 4.72. The van der Waals surface area contributed by atoms with E-state index in [1.165, 1.54) is 36.5 Å². The van der Waals surface area contributed by atoms with Crippen molar-refractivity contribution in [2.24, 2.45) is 0 Å². The summed E-state index contributed by atoms with van der Waals surface area (Å²) in [6.45, 7) is 0. The van der Waals surface area contributed by atoms with E-state index in [1.54, 1.807) is 12.1 Å². The molecule has 0 fully saturated rings. The molecule has 0 unspecified atom stereocenters. The third kappa shape index (κ3) is 2.39. The van der Waals surface area contributed by atoms with Gasteiger partial charge in [0.05, 0.1) is 12.6 Å². The summed E-state index contributed by atoms with van der Waals surface area (Å²) in [6.07, 6.45) is -0.270. The van der Waals surface area contributed by atoms with Gasteiger partial charge in [0.15, 0.2) is 0 Å². The Labute approximate surface area is 117 Å². The van der Waals surface area contributed by atoms with Crippen LogP contribution in [0.25, 0.3) is 16.7 Å². The van der Waals surface area contributed by atoms with Crippen LogP contribution in [0.2, 0.25) is 0 Å². The molecule has 2 aromatic heterocycles. The quantitative estimate of drug-likeness (QED) is 0.729. The first-order valence-corrected chi connectivity index (χ1v) is 5.90. The maximum atomic E-state index is 12.9. The van der Waals surface area contributed by atoms with Gasteiger partial charge in [-0.1, -0.05) is 0 Å². The van der Waals surface area contributed by atoms with Gasteiger partial charge >= 0.3 is 6.18 Å². The van der Waals surface area contributed by atoms with Gasteiger partial charge in [0, 0.05) is 17.8 Å². The van der Waals surface area contributed by atoms with E-state index in [2.05, 4.69) is 15.0 Å². The van der Waals surface area contributed by atoms with Crippen LogP contribution in [-0.2, 0) is 6.18 Å². The van der Waals surface area contributed by atoms with E-state index in [1.807, 2.05) is 0 Å². The normalized spacial score (nSPS) is 11.8. The third-order valence-corrected chi connectivity index (χ3v) is 2.89. The number of benzene rings is 1.